The number of carbonyl (C=O) groups is 1. The maximum absolute atomic E-state index is 12.7. The van der Waals surface area contributed by atoms with Crippen molar-refractivity contribution >= 4 is 33.3 Å². The number of benzene rings is 2. The van der Waals surface area contributed by atoms with Crippen LogP contribution in [-0.2, 0) is 10.0 Å². The zero-order valence-electron chi connectivity index (χ0n) is 14.7. The van der Waals surface area contributed by atoms with E-state index in [0.29, 0.717) is 35.2 Å². The predicted octanol–water partition coefficient (Wildman–Crippen LogP) is 2.65. The number of ether oxygens (including phenoxy) is 2. The number of carbonyl (C=O) groups excluding carboxylic acids is 1. The van der Waals surface area contributed by atoms with Crippen LogP contribution in [0.15, 0.2) is 47.4 Å². The first kappa shape index (κ1) is 18.9. The highest BCUT2D eigenvalue weighted by atomic mass is 35.5. The van der Waals surface area contributed by atoms with Crippen LogP contribution in [0.3, 0.4) is 0 Å². The topological polar surface area (TPSA) is 97.0 Å². The average Bonchev–Trinajstić information content (AvgIpc) is 3.31. The van der Waals surface area contributed by atoms with E-state index < -0.39 is 16.1 Å². The molecule has 0 aromatic heterocycles. The molecule has 1 atom stereocenters. The number of halogens is 1. The fourth-order valence-electron chi connectivity index (χ4n) is 3.17. The Hall–Kier alpha value is -2.49. The lowest BCUT2D eigenvalue weighted by Gasteiger charge is -2.17. The molecular formula is C18H18ClN3O5S. The fourth-order valence-corrected chi connectivity index (χ4v) is 4.97. The van der Waals surface area contributed by atoms with Crippen LogP contribution in [0.4, 0.5) is 10.5 Å². The van der Waals surface area contributed by atoms with Crippen LogP contribution >= 0.6 is 11.6 Å². The van der Waals surface area contributed by atoms with E-state index in [0.717, 1.165) is 0 Å². The minimum atomic E-state index is -3.65. The summed E-state index contributed by atoms with van der Waals surface area (Å²) in [6.45, 7) is 0.678. The van der Waals surface area contributed by atoms with Crippen molar-refractivity contribution in [1.82, 2.24) is 9.62 Å². The fraction of sp³-hybridized carbons (Fsp3) is 0.278. The number of nitrogens with zero attached hydrogens (tertiary/aromatic N) is 1. The largest absolute Gasteiger partial charge is 0.454 e. The van der Waals surface area contributed by atoms with Crippen molar-refractivity contribution in [2.45, 2.75) is 17.4 Å². The second kappa shape index (κ2) is 7.50. The van der Waals surface area contributed by atoms with E-state index in [1.54, 1.807) is 30.3 Å². The van der Waals surface area contributed by atoms with E-state index >= 15 is 0 Å². The maximum atomic E-state index is 12.7. The number of sulfonamides is 1. The maximum Gasteiger partial charge on any atom is 0.319 e. The summed E-state index contributed by atoms with van der Waals surface area (Å²) < 4.78 is 37.3. The van der Waals surface area contributed by atoms with Crippen molar-refractivity contribution in [3.05, 3.63) is 47.5 Å². The van der Waals surface area contributed by atoms with E-state index in [4.69, 9.17) is 21.1 Å². The molecule has 1 fully saturated rings. The molecular weight excluding hydrogens is 406 g/mol. The van der Waals surface area contributed by atoms with Gasteiger partial charge in [0.05, 0.1) is 4.90 Å². The van der Waals surface area contributed by atoms with Crippen LogP contribution in [0.2, 0.25) is 5.02 Å². The lowest BCUT2D eigenvalue weighted by atomic mass is 10.2. The number of nitrogens with one attached hydrogen (secondary N) is 2. The summed E-state index contributed by atoms with van der Waals surface area (Å²) in [6.07, 6.45) is 0.522. The van der Waals surface area contributed by atoms with Crippen molar-refractivity contribution in [1.29, 1.82) is 0 Å². The molecule has 2 aromatic rings. The average molecular weight is 424 g/mol. The second-order valence-electron chi connectivity index (χ2n) is 6.47. The van der Waals surface area contributed by atoms with Gasteiger partial charge in [0.1, 0.15) is 0 Å². The van der Waals surface area contributed by atoms with Gasteiger partial charge in [-0.2, -0.15) is 4.31 Å². The van der Waals surface area contributed by atoms with E-state index in [1.165, 1.54) is 16.4 Å². The van der Waals surface area contributed by atoms with Crippen molar-refractivity contribution in [2.24, 2.45) is 0 Å². The van der Waals surface area contributed by atoms with E-state index in [2.05, 4.69) is 10.6 Å². The zero-order chi connectivity index (χ0) is 19.7. The first-order chi connectivity index (χ1) is 13.4. The molecule has 0 saturated carbocycles. The van der Waals surface area contributed by atoms with Crippen LogP contribution in [-0.4, -0.2) is 44.7 Å². The Morgan fingerprint density at radius 1 is 1.14 bits per heavy atom. The Balaban J connectivity index is 1.36. The first-order valence-corrected chi connectivity index (χ1v) is 10.5. The van der Waals surface area contributed by atoms with Gasteiger partial charge in [-0.3, -0.25) is 0 Å². The number of hydrogen-bond donors (Lipinski definition) is 2. The molecule has 0 bridgehead atoms. The molecule has 0 aliphatic carbocycles. The number of anilines is 1. The van der Waals surface area contributed by atoms with Crippen LogP contribution in [0.25, 0.3) is 0 Å². The minimum absolute atomic E-state index is 0.144. The Labute approximate surface area is 167 Å². The van der Waals surface area contributed by atoms with Gasteiger partial charge in [-0.05, 0) is 36.8 Å². The molecule has 0 radical (unpaired) electrons. The molecule has 0 spiro atoms. The monoisotopic (exact) mass is 423 g/mol. The molecule has 148 valence electrons. The molecule has 2 N–H and O–H groups in total. The van der Waals surface area contributed by atoms with E-state index in [9.17, 15) is 13.2 Å². The third kappa shape index (κ3) is 3.87. The lowest BCUT2D eigenvalue weighted by molar-refractivity contribution is 0.174. The summed E-state index contributed by atoms with van der Waals surface area (Å²) in [6, 6.07) is 10.5. The van der Waals surface area contributed by atoms with Crippen LogP contribution in [0.1, 0.15) is 6.42 Å². The summed E-state index contributed by atoms with van der Waals surface area (Å²) in [5.41, 5.74) is 0.558. The summed E-state index contributed by atoms with van der Waals surface area (Å²) in [4.78, 5) is 12.4. The lowest BCUT2D eigenvalue weighted by Crippen LogP contribution is -2.40. The van der Waals surface area contributed by atoms with Crippen molar-refractivity contribution < 1.29 is 22.7 Å². The van der Waals surface area contributed by atoms with Gasteiger partial charge in [0.15, 0.2) is 11.5 Å². The molecule has 2 aliphatic rings. The van der Waals surface area contributed by atoms with Gasteiger partial charge in [-0.1, -0.05) is 17.7 Å². The summed E-state index contributed by atoms with van der Waals surface area (Å²) in [7, 11) is -3.65. The summed E-state index contributed by atoms with van der Waals surface area (Å²) >= 11 is 5.90. The Bertz CT molecular complexity index is 1010. The van der Waals surface area contributed by atoms with Gasteiger partial charge in [0.25, 0.3) is 0 Å². The molecule has 2 aliphatic heterocycles. The number of amides is 2. The quantitative estimate of drug-likeness (QED) is 0.788. The highest BCUT2D eigenvalue weighted by Crippen LogP contribution is 2.34. The molecule has 1 saturated heterocycles. The number of fused-ring (bicyclic) bond motifs is 1. The standard InChI is InChI=1S/C18H18ClN3O5S/c19-12-2-1-3-15(8-12)28(24,25)22-7-6-14(10-22)21-18(23)20-13-4-5-16-17(9-13)27-11-26-16/h1-5,8-9,14H,6-7,10-11H2,(H2,20,21,23). The van der Waals surface area contributed by atoms with Gasteiger partial charge >= 0.3 is 6.03 Å². The van der Waals surface area contributed by atoms with Crippen LogP contribution < -0.4 is 20.1 Å². The van der Waals surface area contributed by atoms with Gasteiger partial charge in [0.2, 0.25) is 16.8 Å². The number of rotatable bonds is 4. The second-order valence-corrected chi connectivity index (χ2v) is 8.85. The predicted molar refractivity (Wildman–Crippen MR) is 103 cm³/mol. The van der Waals surface area contributed by atoms with Gasteiger partial charge in [-0.15, -0.1) is 0 Å². The normalized spacial score (nSPS) is 18.8. The molecule has 28 heavy (non-hydrogen) atoms. The molecule has 10 heteroatoms. The Kier molecular flexibility index (Phi) is 5.05. The van der Waals surface area contributed by atoms with Crippen LogP contribution in [0.5, 0.6) is 11.5 Å². The third-order valence-corrected chi connectivity index (χ3v) is 6.65. The van der Waals surface area contributed by atoms with E-state index in [1.807, 2.05) is 0 Å². The number of hydrogen-bond acceptors (Lipinski definition) is 5. The first-order valence-electron chi connectivity index (χ1n) is 8.65. The molecule has 1 unspecified atom stereocenters. The Morgan fingerprint density at radius 3 is 2.79 bits per heavy atom. The van der Waals surface area contributed by atoms with Gasteiger partial charge in [-0.25, -0.2) is 13.2 Å². The van der Waals surface area contributed by atoms with Crippen molar-refractivity contribution in [3.63, 3.8) is 0 Å². The molecule has 2 aromatic carbocycles. The molecule has 8 nitrogen and oxygen atoms in total. The van der Waals surface area contributed by atoms with E-state index in [-0.39, 0.29) is 24.3 Å². The molecule has 2 heterocycles. The molecule has 2 amide bonds. The van der Waals surface area contributed by atoms with Crippen molar-refractivity contribution in [2.75, 3.05) is 25.2 Å². The Morgan fingerprint density at radius 2 is 1.96 bits per heavy atom. The van der Waals surface area contributed by atoms with Gasteiger partial charge < -0.3 is 20.1 Å². The third-order valence-electron chi connectivity index (χ3n) is 4.55. The van der Waals surface area contributed by atoms with Crippen LogP contribution in [0, 0.1) is 0 Å². The zero-order valence-corrected chi connectivity index (χ0v) is 16.3. The SMILES string of the molecule is O=C(Nc1ccc2c(c1)OCO2)NC1CCN(S(=O)(=O)c2cccc(Cl)c2)C1. The molecule has 4 rings (SSSR count). The highest BCUT2D eigenvalue weighted by molar-refractivity contribution is 7.89. The highest BCUT2D eigenvalue weighted by Gasteiger charge is 2.33. The smallest absolute Gasteiger partial charge is 0.319 e. The van der Waals surface area contributed by atoms with Gasteiger partial charge in [0, 0.05) is 35.9 Å². The minimum Gasteiger partial charge on any atom is -0.454 e. The number of urea groups is 1. The summed E-state index contributed by atoms with van der Waals surface area (Å²) in [5, 5.41) is 5.89. The summed E-state index contributed by atoms with van der Waals surface area (Å²) in [5.74, 6) is 1.20. The van der Waals surface area contributed by atoms with Crippen molar-refractivity contribution in [3.8, 4) is 11.5 Å².